The zero-order chi connectivity index (χ0) is 21.0. The SMILES string of the molecule is COc1cc(OC)cc(N2CCN(C(=S)[As]c3nc(C)c(C)nc3OC)CC2)c1. The van der Waals surface area contributed by atoms with E-state index in [-0.39, 0.29) is 0 Å². The number of anilines is 1. The molecular weight excluding hydrogens is 451 g/mol. The van der Waals surface area contributed by atoms with Crippen LogP contribution in [0.3, 0.4) is 0 Å². The zero-order valence-electron chi connectivity index (χ0n) is 17.4. The molecule has 0 bridgehead atoms. The van der Waals surface area contributed by atoms with Gasteiger partial charge in [-0.2, -0.15) is 0 Å². The Labute approximate surface area is 184 Å². The average molecular weight is 477 g/mol. The quantitative estimate of drug-likeness (QED) is 0.459. The van der Waals surface area contributed by atoms with E-state index in [1.54, 1.807) is 21.3 Å². The summed E-state index contributed by atoms with van der Waals surface area (Å²) in [6.45, 7) is 7.41. The summed E-state index contributed by atoms with van der Waals surface area (Å²) in [4.78, 5) is 13.8. The molecule has 9 heteroatoms. The number of thiocarbonyl (C=S) groups is 1. The molecule has 1 aliphatic heterocycles. The molecule has 1 aromatic heterocycles. The van der Waals surface area contributed by atoms with Crippen LogP contribution < -0.4 is 23.6 Å². The molecule has 0 amide bonds. The third-order valence-electron chi connectivity index (χ3n) is 4.90. The van der Waals surface area contributed by atoms with Crippen LogP contribution in [0.1, 0.15) is 11.4 Å². The van der Waals surface area contributed by atoms with Gasteiger partial charge in [-0.25, -0.2) is 0 Å². The molecule has 1 aliphatic rings. The Morgan fingerprint density at radius 3 is 2.03 bits per heavy atom. The van der Waals surface area contributed by atoms with Crippen LogP contribution in [-0.2, 0) is 0 Å². The number of piperazine rings is 1. The van der Waals surface area contributed by atoms with Gasteiger partial charge >= 0.3 is 184 Å². The monoisotopic (exact) mass is 477 g/mol. The van der Waals surface area contributed by atoms with Gasteiger partial charge in [-0.15, -0.1) is 0 Å². The predicted octanol–water partition coefficient (Wildman–Crippen LogP) is 1.56. The summed E-state index contributed by atoms with van der Waals surface area (Å²) in [7, 11) is 4.97. The molecule has 29 heavy (non-hydrogen) atoms. The second-order valence-corrected chi connectivity index (χ2v) is 9.96. The van der Waals surface area contributed by atoms with Crippen LogP contribution in [0.4, 0.5) is 5.69 Å². The molecule has 2 heterocycles. The van der Waals surface area contributed by atoms with E-state index in [2.05, 4.69) is 19.8 Å². The molecule has 155 valence electrons. The van der Waals surface area contributed by atoms with Crippen molar-refractivity contribution in [2.75, 3.05) is 52.4 Å². The zero-order valence-corrected chi connectivity index (χ0v) is 20.1. The molecule has 0 N–H and O–H groups in total. The molecule has 1 saturated heterocycles. The average Bonchev–Trinajstić information content (AvgIpc) is 2.75. The molecule has 0 aliphatic carbocycles. The Kier molecular flexibility index (Phi) is 7.19. The normalized spacial score (nSPS) is 14.4. The van der Waals surface area contributed by atoms with Crippen molar-refractivity contribution in [2.24, 2.45) is 0 Å². The number of methoxy groups -OCH3 is 3. The minimum absolute atomic E-state index is 0.433. The Bertz CT molecular complexity index is 866. The Morgan fingerprint density at radius 2 is 1.48 bits per heavy atom. The fourth-order valence-electron chi connectivity index (χ4n) is 3.07. The number of hydrogen-bond donors (Lipinski definition) is 0. The summed E-state index contributed by atoms with van der Waals surface area (Å²) in [6.07, 6.45) is 0. The molecule has 0 unspecified atom stereocenters. The fourth-order valence-corrected chi connectivity index (χ4v) is 5.72. The van der Waals surface area contributed by atoms with Gasteiger partial charge in [0.25, 0.3) is 0 Å². The Balaban J connectivity index is 1.65. The maximum absolute atomic E-state index is 5.76. The van der Waals surface area contributed by atoms with Gasteiger partial charge in [-0.3, -0.25) is 0 Å². The van der Waals surface area contributed by atoms with E-state index in [0.29, 0.717) is 5.88 Å². The number of nitrogens with zero attached hydrogens (tertiary/aromatic N) is 4. The van der Waals surface area contributed by atoms with Gasteiger partial charge < -0.3 is 0 Å². The van der Waals surface area contributed by atoms with Crippen LogP contribution in [0.2, 0.25) is 0 Å². The summed E-state index contributed by atoms with van der Waals surface area (Å²) in [5.74, 6) is 2.18. The molecular formula is C20H26AsN4O3S. The molecule has 1 radical (unpaired) electrons. The van der Waals surface area contributed by atoms with Crippen LogP contribution in [-0.4, -0.2) is 81.9 Å². The summed E-state index contributed by atoms with van der Waals surface area (Å²) < 4.78 is 18.1. The first-order valence-corrected chi connectivity index (χ1v) is 11.6. The first kappa shape index (κ1) is 21.7. The van der Waals surface area contributed by atoms with E-state index in [1.807, 2.05) is 32.0 Å². The maximum atomic E-state index is 5.76. The standard InChI is InChI=1S/C20H26AsN4O3S/c1-13-14(2)23-19(28-5)18(22-13)21-20(29)25-8-6-24(7-9-25)15-10-16(26-3)12-17(11-15)27-4/h10-12H,6-9H2,1-5H3. The van der Waals surface area contributed by atoms with Crippen molar-refractivity contribution in [3.05, 3.63) is 29.6 Å². The third kappa shape index (κ3) is 5.11. The van der Waals surface area contributed by atoms with Crippen molar-refractivity contribution in [1.29, 1.82) is 0 Å². The summed E-state index contributed by atoms with van der Waals surface area (Å²) >= 11 is 5.33. The molecule has 2 aromatic rings. The van der Waals surface area contributed by atoms with Crippen molar-refractivity contribution in [1.82, 2.24) is 14.9 Å². The minimum atomic E-state index is -0.433. The Morgan fingerprint density at radius 1 is 0.897 bits per heavy atom. The number of rotatable bonds is 6. The van der Waals surface area contributed by atoms with Gasteiger partial charge in [0.05, 0.1) is 0 Å². The van der Waals surface area contributed by atoms with Crippen LogP contribution in [0, 0.1) is 13.8 Å². The molecule has 3 rings (SSSR count). The van der Waals surface area contributed by atoms with Crippen LogP contribution >= 0.6 is 12.2 Å². The second kappa shape index (κ2) is 9.63. The number of hydrogen-bond acceptors (Lipinski definition) is 7. The van der Waals surface area contributed by atoms with Crippen molar-refractivity contribution < 1.29 is 14.2 Å². The van der Waals surface area contributed by atoms with Gasteiger partial charge in [0.1, 0.15) is 0 Å². The van der Waals surface area contributed by atoms with Crippen LogP contribution in [0.5, 0.6) is 17.4 Å². The third-order valence-corrected chi connectivity index (χ3v) is 7.69. The van der Waals surface area contributed by atoms with Crippen molar-refractivity contribution >= 4 is 41.9 Å². The molecule has 1 fully saturated rings. The van der Waals surface area contributed by atoms with Gasteiger partial charge in [0.15, 0.2) is 0 Å². The first-order chi connectivity index (χ1) is 13.9. The van der Waals surface area contributed by atoms with Crippen molar-refractivity contribution in [3.8, 4) is 17.4 Å². The second-order valence-electron chi connectivity index (χ2n) is 6.67. The van der Waals surface area contributed by atoms with Gasteiger partial charge in [-0.1, -0.05) is 0 Å². The van der Waals surface area contributed by atoms with E-state index in [9.17, 15) is 0 Å². The number of ether oxygens (including phenoxy) is 3. The van der Waals surface area contributed by atoms with Gasteiger partial charge in [0, 0.05) is 0 Å². The van der Waals surface area contributed by atoms with Crippen LogP contribution in [0.25, 0.3) is 0 Å². The molecule has 0 spiro atoms. The summed E-state index contributed by atoms with van der Waals surface area (Å²) in [5, 5.41) is 0. The van der Waals surface area contributed by atoms with Crippen LogP contribution in [0.15, 0.2) is 18.2 Å². The van der Waals surface area contributed by atoms with Gasteiger partial charge in [0.2, 0.25) is 0 Å². The molecule has 0 atom stereocenters. The predicted molar refractivity (Wildman–Crippen MR) is 119 cm³/mol. The molecule has 1 aromatic carbocycles. The number of aryl methyl sites for hydroxylation is 2. The van der Waals surface area contributed by atoms with Gasteiger partial charge in [-0.05, 0) is 0 Å². The fraction of sp³-hybridized carbons (Fsp3) is 0.450. The van der Waals surface area contributed by atoms with E-state index in [1.165, 1.54) is 0 Å². The van der Waals surface area contributed by atoms with E-state index >= 15 is 0 Å². The topological polar surface area (TPSA) is 60.0 Å². The molecule has 0 saturated carbocycles. The van der Waals surface area contributed by atoms with E-state index in [4.69, 9.17) is 26.4 Å². The molecule has 7 nitrogen and oxygen atoms in total. The van der Waals surface area contributed by atoms with E-state index < -0.39 is 15.8 Å². The summed E-state index contributed by atoms with van der Waals surface area (Å²) in [5.41, 5.74) is 2.91. The van der Waals surface area contributed by atoms with E-state index in [0.717, 1.165) is 63.0 Å². The number of benzene rings is 1. The Hall–Kier alpha value is -2.05. The van der Waals surface area contributed by atoms with Crippen molar-refractivity contribution in [3.63, 3.8) is 0 Å². The summed E-state index contributed by atoms with van der Waals surface area (Å²) in [6, 6.07) is 5.96. The number of aromatic nitrogens is 2. The first-order valence-electron chi connectivity index (χ1n) is 9.33. The van der Waals surface area contributed by atoms with Crippen molar-refractivity contribution in [2.45, 2.75) is 13.8 Å².